The highest BCUT2D eigenvalue weighted by Gasteiger charge is 2.35. The van der Waals surface area contributed by atoms with Gasteiger partial charge in [0.15, 0.2) is 0 Å². The van der Waals surface area contributed by atoms with E-state index in [9.17, 15) is 19.1 Å². The van der Waals surface area contributed by atoms with Crippen LogP contribution in [0.4, 0.5) is 14.9 Å². The highest BCUT2D eigenvalue weighted by molar-refractivity contribution is 5.97. The lowest BCUT2D eigenvalue weighted by atomic mass is 9.99. The highest BCUT2D eigenvalue weighted by atomic mass is 19.1. The number of anilines is 1. The van der Waals surface area contributed by atoms with E-state index in [-0.39, 0.29) is 48.7 Å². The molecular weight excluding hydrogens is 463 g/mol. The summed E-state index contributed by atoms with van der Waals surface area (Å²) in [6.45, 7) is 4.17. The van der Waals surface area contributed by atoms with E-state index in [0.717, 1.165) is 24.8 Å². The van der Waals surface area contributed by atoms with E-state index in [0.29, 0.717) is 17.8 Å². The second-order valence-electron chi connectivity index (χ2n) is 9.64. The van der Waals surface area contributed by atoms with Crippen LogP contribution >= 0.6 is 0 Å². The van der Waals surface area contributed by atoms with Crippen LogP contribution < -0.4 is 10.1 Å². The van der Waals surface area contributed by atoms with E-state index in [1.165, 1.54) is 34.7 Å². The van der Waals surface area contributed by atoms with E-state index < -0.39 is 6.10 Å². The molecule has 8 nitrogen and oxygen atoms in total. The molecule has 2 aliphatic rings. The van der Waals surface area contributed by atoms with Crippen molar-refractivity contribution in [2.45, 2.75) is 45.3 Å². The van der Waals surface area contributed by atoms with E-state index >= 15 is 0 Å². The first-order valence-corrected chi connectivity index (χ1v) is 12.3. The predicted molar refractivity (Wildman–Crippen MR) is 135 cm³/mol. The van der Waals surface area contributed by atoms with Gasteiger partial charge in [0.05, 0.1) is 19.2 Å². The van der Waals surface area contributed by atoms with Crippen molar-refractivity contribution in [3.05, 3.63) is 59.5 Å². The number of pyridine rings is 1. The minimum absolute atomic E-state index is 0.156. The van der Waals surface area contributed by atoms with Gasteiger partial charge in [0.25, 0.3) is 5.91 Å². The predicted octanol–water partition coefficient (Wildman–Crippen LogP) is 4.17. The first-order valence-electron chi connectivity index (χ1n) is 12.3. The van der Waals surface area contributed by atoms with E-state index in [1.54, 1.807) is 25.1 Å². The van der Waals surface area contributed by atoms with Crippen LogP contribution in [0.2, 0.25) is 0 Å². The fourth-order valence-corrected chi connectivity index (χ4v) is 4.53. The van der Waals surface area contributed by atoms with Crippen molar-refractivity contribution < 1.29 is 23.8 Å². The molecule has 2 heterocycles. The van der Waals surface area contributed by atoms with Gasteiger partial charge in [-0.3, -0.25) is 4.79 Å². The Hall–Kier alpha value is -3.46. The molecular formula is C27H33FN4O4. The zero-order chi connectivity index (χ0) is 25.8. The van der Waals surface area contributed by atoms with Crippen LogP contribution in [0.1, 0.15) is 49.0 Å². The normalized spacial score (nSPS) is 20.5. The number of nitrogens with one attached hydrogen (secondary N) is 1. The second-order valence-corrected chi connectivity index (χ2v) is 9.64. The molecule has 3 atom stereocenters. The Morgan fingerprint density at radius 1 is 1.36 bits per heavy atom. The smallest absolute Gasteiger partial charge is 0.321 e. The summed E-state index contributed by atoms with van der Waals surface area (Å²) in [7, 11) is 1.65. The third-order valence-corrected chi connectivity index (χ3v) is 6.83. The first kappa shape index (κ1) is 25.6. The summed E-state index contributed by atoms with van der Waals surface area (Å²) >= 11 is 0. The minimum atomic E-state index is -0.460. The molecule has 0 radical (unpaired) electrons. The molecule has 3 amide bonds. The van der Waals surface area contributed by atoms with Gasteiger partial charge in [0.1, 0.15) is 17.5 Å². The van der Waals surface area contributed by atoms with Gasteiger partial charge in [-0.05, 0) is 67.7 Å². The molecule has 9 heteroatoms. The summed E-state index contributed by atoms with van der Waals surface area (Å²) in [6, 6.07) is 6.62. The van der Waals surface area contributed by atoms with Crippen molar-refractivity contribution in [3.8, 4) is 5.88 Å². The van der Waals surface area contributed by atoms with E-state index in [2.05, 4.69) is 16.4 Å². The van der Waals surface area contributed by atoms with Crippen molar-refractivity contribution >= 4 is 23.2 Å². The largest absolute Gasteiger partial charge is 0.472 e. The Kier molecular flexibility index (Phi) is 7.88. The number of fused-ring (bicyclic) bond motifs is 1. The summed E-state index contributed by atoms with van der Waals surface area (Å²) in [5, 5.41) is 12.6. The van der Waals surface area contributed by atoms with Crippen molar-refractivity contribution in [3.63, 3.8) is 0 Å². The average molecular weight is 497 g/mol. The Bertz CT molecular complexity index is 1140. The quantitative estimate of drug-likeness (QED) is 0.626. The monoisotopic (exact) mass is 496 g/mol. The van der Waals surface area contributed by atoms with Crippen LogP contribution in [0.5, 0.6) is 5.88 Å². The zero-order valence-corrected chi connectivity index (χ0v) is 20.9. The third kappa shape index (κ3) is 5.67. The number of rotatable bonds is 6. The van der Waals surface area contributed by atoms with Crippen LogP contribution in [0.3, 0.4) is 0 Å². The summed E-state index contributed by atoms with van der Waals surface area (Å²) < 4.78 is 19.5. The van der Waals surface area contributed by atoms with Crippen molar-refractivity contribution in [1.29, 1.82) is 0 Å². The summed E-state index contributed by atoms with van der Waals surface area (Å²) in [5.41, 5.74) is 2.91. The van der Waals surface area contributed by atoms with Crippen molar-refractivity contribution in [2.75, 3.05) is 32.1 Å². The number of ether oxygens (including phenoxy) is 1. The number of aliphatic hydroxyl groups excluding tert-OH is 1. The number of carbonyl (C=O) groups is 2. The topological polar surface area (TPSA) is 95.0 Å². The second kappa shape index (κ2) is 11.1. The van der Waals surface area contributed by atoms with Crippen LogP contribution in [0.25, 0.3) is 5.57 Å². The van der Waals surface area contributed by atoms with Crippen LogP contribution in [0, 0.1) is 11.7 Å². The number of hydrogen-bond donors (Lipinski definition) is 2. The number of benzene rings is 1. The van der Waals surface area contributed by atoms with Crippen LogP contribution in [-0.4, -0.2) is 70.7 Å². The lowest BCUT2D eigenvalue weighted by Gasteiger charge is -2.37. The molecule has 2 aromatic rings. The number of aromatic nitrogens is 1. The molecule has 0 saturated carbocycles. The number of carbonyl (C=O) groups excluding carboxylic acids is 2. The maximum Gasteiger partial charge on any atom is 0.321 e. The number of urea groups is 1. The molecule has 1 aromatic heterocycles. The third-order valence-electron chi connectivity index (χ3n) is 6.83. The average Bonchev–Trinajstić information content (AvgIpc) is 3.42. The number of aliphatic hydroxyl groups is 1. The van der Waals surface area contributed by atoms with E-state index in [4.69, 9.17) is 4.74 Å². The summed E-state index contributed by atoms with van der Waals surface area (Å²) in [6.07, 6.45) is 6.48. The minimum Gasteiger partial charge on any atom is -0.472 e. The van der Waals surface area contributed by atoms with Crippen molar-refractivity contribution in [2.24, 2.45) is 5.92 Å². The van der Waals surface area contributed by atoms with Gasteiger partial charge in [-0.2, -0.15) is 0 Å². The maximum atomic E-state index is 13.5. The molecule has 192 valence electrons. The number of amides is 3. The van der Waals surface area contributed by atoms with Gasteiger partial charge in [-0.25, -0.2) is 14.2 Å². The number of halogens is 1. The molecule has 0 fully saturated rings. The van der Waals surface area contributed by atoms with Gasteiger partial charge in [-0.15, -0.1) is 0 Å². The molecule has 0 unspecified atom stereocenters. The molecule has 36 heavy (non-hydrogen) atoms. The standard InChI is InChI=1S/C27H33FN4O4/c1-17-14-32(18(2)16-33)26(34)23-12-20(19-6-4-5-7-19)13-29-25(23)36-24(17)15-31(3)27(35)30-22-10-8-21(28)9-11-22/h6,8-13,17-18,24,33H,4-5,7,14-16H2,1-3H3,(H,30,35)/t17-,18-,24-/m0/s1. The lowest BCUT2D eigenvalue weighted by Crippen LogP contribution is -2.50. The van der Waals surface area contributed by atoms with Gasteiger partial charge in [0.2, 0.25) is 5.88 Å². The molecule has 1 aliphatic carbocycles. The SMILES string of the molecule is C[C@H]1CN([C@@H](C)CO)C(=O)c2cc(C3=CCCC3)cnc2O[C@H]1CN(C)C(=O)Nc1ccc(F)cc1. The molecule has 0 bridgehead atoms. The van der Waals surface area contributed by atoms with E-state index in [1.807, 2.05) is 13.0 Å². The molecule has 0 spiro atoms. The van der Waals surface area contributed by atoms with Gasteiger partial charge in [0, 0.05) is 31.4 Å². The number of hydrogen-bond acceptors (Lipinski definition) is 5. The zero-order valence-electron chi connectivity index (χ0n) is 20.9. The molecule has 2 N–H and O–H groups in total. The Labute approximate surface area is 210 Å². The molecule has 4 rings (SSSR count). The Morgan fingerprint density at radius 2 is 2.11 bits per heavy atom. The van der Waals surface area contributed by atoms with Gasteiger partial charge < -0.3 is 25.0 Å². The molecule has 1 aromatic carbocycles. The lowest BCUT2D eigenvalue weighted by molar-refractivity contribution is 0.0356. The molecule has 1 aliphatic heterocycles. The maximum absolute atomic E-state index is 13.5. The van der Waals surface area contributed by atoms with Gasteiger partial charge in [-0.1, -0.05) is 13.0 Å². The van der Waals surface area contributed by atoms with Crippen LogP contribution in [0.15, 0.2) is 42.6 Å². The molecule has 0 saturated heterocycles. The Morgan fingerprint density at radius 3 is 2.78 bits per heavy atom. The summed E-state index contributed by atoms with van der Waals surface area (Å²) in [4.78, 5) is 34.0. The Balaban J connectivity index is 1.58. The first-order chi connectivity index (χ1) is 17.3. The number of allylic oxidation sites excluding steroid dienone is 2. The highest BCUT2D eigenvalue weighted by Crippen LogP contribution is 2.32. The van der Waals surface area contributed by atoms with Crippen LogP contribution in [-0.2, 0) is 0 Å². The fourth-order valence-electron chi connectivity index (χ4n) is 4.53. The summed E-state index contributed by atoms with van der Waals surface area (Å²) in [5.74, 6) is -0.544. The number of likely N-dealkylation sites (N-methyl/N-ethyl adjacent to an activating group) is 1. The van der Waals surface area contributed by atoms with Gasteiger partial charge >= 0.3 is 6.03 Å². The van der Waals surface area contributed by atoms with Crippen molar-refractivity contribution in [1.82, 2.24) is 14.8 Å². The number of nitrogens with zero attached hydrogens (tertiary/aromatic N) is 3. The fraction of sp³-hybridized carbons (Fsp3) is 0.444.